The first-order chi connectivity index (χ1) is 19.2. The summed E-state index contributed by atoms with van der Waals surface area (Å²) in [6.07, 6.45) is 7.54. The van der Waals surface area contributed by atoms with E-state index in [1.807, 2.05) is 24.5 Å². The maximum absolute atomic E-state index is 9.23. The van der Waals surface area contributed by atoms with Crippen molar-refractivity contribution in [2.45, 2.75) is 31.4 Å². The Hall–Kier alpha value is -4.05. The van der Waals surface area contributed by atoms with Gasteiger partial charge < -0.3 is 19.6 Å². The Morgan fingerprint density at radius 1 is 1.08 bits per heavy atom. The molecule has 0 aliphatic carbocycles. The van der Waals surface area contributed by atoms with E-state index in [1.54, 1.807) is 23.0 Å². The van der Waals surface area contributed by atoms with Crippen LogP contribution in [0.2, 0.25) is 0 Å². The topological polar surface area (TPSA) is 142 Å². The predicted octanol–water partition coefficient (Wildman–Crippen LogP) is 1.63. The molecule has 12 nitrogen and oxygen atoms in total. The zero-order valence-electron chi connectivity index (χ0n) is 21.6. The Morgan fingerprint density at radius 3 is 2.72 bits per heavy atom. The molecule has 4 aromatic rings. The van der Waals surface area contributed by atoms with E-state index < -0.39 is 0 Å². The maximum Gasteiger partial charge on any atom is 0.225 e. The molecule has 0 unspecified atom stereocenters. The molecule has 39 heavy (non-hydrogen) atoms. The van der Waals surface area contributed by atoms with Crippen LogP contribution < -0.4 is 4.90 Å². The highest BCUT2D eigenvalue weighted by molar-refractivity contribution is 5.70. The summed E-state index contributed by atoms with van der Waals surface area (Å²) in [6.45, 7) is 5.30. The quantitative estimate of drug-likeness (QED) is 0.375. The second-order valence-corrected chi connectivity index (χ2v) is 9.96. The van der Waals surface area contributed by atoms with Crippen molar-refractivity contribution in [1.82, 2.24) is 39.8 Å². The fourth-order valence-corrected chi connectivity index (χ4v) is 5.31. The Bertz CT molecular complexity index is 1460. The van der Waals surface area contributed by atoms with Crippen molar-refractivity contribution in [3.8, 4) is 17.3 Å². The van der Waals surface area contributed by atoms with Gasteiger partial charge in [-0.1, -0.05) is 17.3 Å². The maximum atomic E-state index is 9.23. The Morgan fingerprint density at radius 2 is 1.92 bits per heavy atom. The van der Waals surface area contributed by atoms with Crippen LogP contribution in [0.3, 0.4) is 0 Å². The SMILES string of the molecule is N#Cc1cccc(-c2cnc3nnn(C[C@H]4CN(c5ncc(C6CCN(CCO)CC6)cn5)CCO4)c3n2)c1. The molecule has 2 fully saturated rings. The minimum atomic E-state index is -0.143. The van der Waals surface area contributed by atoms with Gasteiger partial charge in [0.2, 0.25) is 11.6 Å². The minimum absolute atomic E-state index is 0.143. The number of anilines is 1. The van der Waals surface area contributed by atoms with Crippen LogP contribution in [0, 0.1) is 11.3 Å². The van der Waals surface area contributed by atoms with Crippen LogP contribution in [0.25, 0.3) is 22.6 Å². The van der Waals surface area contributed by atoms with Gasteiger partial charge in [-0.15, -0.1) is 5.10 Å². The number of benzene rings is 1. The van der Waals surface area contributed by atoms with Gasteiger partial charge in [-0.3, -0.25) is 0 Å². The number of aliphatic hydroxyl groups excluding tert-OH is 1. The molecule has 2 aliphatic heterocycles. The molecule has 1 N–H and O–H groups in total. The molecule has 1 atom stereocenters. The fraction of sp³-hybridized carbons (Fsp3) is 0.444. The van der Waals surface area contributed by atoms with Crippen molar-refractivity contribution in [3.05, 3.63) is 54.0 Å². The molecule has 12 heteroatoms. The number of likely N-dealkylation sites (tertiary alicyclic amines) is 1. The van der Waals surface area contributed by atoms with Gasteiger partial charge in [-0.25, -0.2) is 24.6 Å². The van der Waals surface area contributed by atoms with Gasteiger partial charge in [0.1, 0.15) is 0 Å². The van der Waals surface area contributed by atoms with Gasteiger partial charge in [0, 0.05) is 37.6 Å². The summed E-state index contributed by atoms with van der Waals surface area (Å²) in [7, 11) is 0. The predicted molar refractivity (Wildman–Crippen MR) is 143 cm³/mol. The number of hydrogen-bond donors (Lipinski definition) is 1. The van der Waals surface area contributed by atoms with Gasteiger partial charge in [0.05, 0.1) is 49.4 Å². The van der Waals surface area contributed by atoms with Crippen LogP contribution in [0.1, 0.15) is 29.9 Å². The van der Waals surface area contributed by atoms with Crippen LogP contribution in [0.5, 0.6) is 0 Å². The summed E-state index contributed by atoms with van der Waals surface area (Å²) >= 11 is 0. The molecule has 2 aliphatic rings. The number of fused-ring (bicyclic) bond motifs is 1. The highest BCUT2D eigenvalue weighted by Gasteiger charge is 2.26. The van der Waals surface area contributed by atoms with E-state index in [1.165, 1.54) is 5.56 Å². The van der Waals surface area contributed by atoms with E-state index in [9.17, 15) is 5.26 Å². The smallest absolute Gasteiger partial charge is 0.225 e. The molecule has 5 heterocycles. The molecule has 0 spiro atoms. The Labute approximate surface area is 225 Å². The lowest BCUT2D eigenvalue weighted by Gasteiger charge is -2.33. The van der Waals surface area contributed by atoms with Crippen LogP contribution in [-0.4, -0.2) is 97.0 Å². The van der Waals surface area contributed by atoms with E-state index >= 15 is 0 Å². The number of aliphatic hydroxyl groups is 1. The first kappa shape index (κ1) is 25.2. The summed E-state index contributed by atoms with van der Waals surface area (Å²) < 4.78 is 7.78. The third-order valence-electron chi connectivity index (χ3n) is 7.45. The Kier molecular flexibility index (Phi) is 7.36. The minimum Gasteiger partial charge on any atom is -0.395 e. The molecule has 1 aromatic carbocycles. The second kappa shape index (κ2) is 11.4. The summed E-state index contributed by atoms with van der Waals surface area (Å²) in [6, 6.07) is 9.44. The molecule has 3 aromatic heterocycles. The lowest BCUT2D eigenvalue weighted by Crippen LogP contribution is -2.45. The van der Waals surface area contributed by atoms with E-state index in [0.717, 1.165) is 38.0 Å². The molecule has 0 radical (unpaired) electrons. The molecule has 200 valence electrons. The lowest BCUT2D eigenvalue weighted by atomic mass is 9.91. The highest BCUT2D eigenvalue weighted by atomic mass is 16.5. The number of morpholine rings is 1. The van der Waals surface area contributed by atoms with Crippen molar-refractivity contribution >= 4 is 17.2 Å². The van der Waals surface area contributed by atoms with Crippen LogP contribution in [0.4, 0.5) is 5.95 Å². The van der Waals surface area contributed by atoms with E-state index in [4.69, 9.17) is 24.8 Å². The number of rotatable bonds is 7. The molecule has 6 rings (SSSR count). The van der Waals surface area contributed by atoms with Crippen LogP contribution >= 0.6 is 0 Å². The lowest BCUT2D eigenvalue weighted by molar-refractivity contribution is 0.0272. The number of hydrogen-bond acceptors (Lipinski definition) is 11. The number of ether oxygens (including phenoxy) is 1. The van der Waals surface area contributed by atoms with Crippen molar-refractivity contribution in [3.63, 3.8) is 0 Å². The Balaban J connectivity index is 1.12. The number of piperidine rings is 1. The van der Waals surface area contributed by atoms with E-state index in [2.05, 4.69) is 31.2 Å². The van der Waals surface area contributed by atoms with Crippen molar-refractivity contribution in [2.24, 2.45) is 0 Å². The van der Waals surface area contributed by atoms with Crippen molar-refractivity contribution in [2.75, 3.05) is 50.8 Å². The number of nitriles is 1. The molecular weight excluding hydrogens is 496 g/mol. The molecular formula is C27H30N10O2. The average molecular weight is 527 g/mol. The molecule has 0 amide bonds. The summed E-state index contributed by atoms with van der Waals surface area (Å²) in [5, 5.41) is 26.9. The van der Waals surface area contributed by atoms with Gasteiger partial charge >= 0.3 is 0 Å². The molecule has 0 saturated carbocycles. The third-order valence-corrected chi connectivity index (χ3v) is 7.45. The zero-order chi connectivity index (χ0) is 26.6. The molecule has 0 bridgehead atoms. The second-order valence-electron chi connectivity index (χ2n) is 9.96. The third kappa shape index (κ3) is 5.56. The van der Waals surface area contributed by atoms with E-state index in [-0.39, 0.29) is 12.7 Å². The fourth-order valence-electron chi connectivity index (χ4n) is 5.31. The highest BCUT2D eigenvalue weighted by Crippen LogP contribution is 2.28. The monoisotopic (exact) mass is 526 g/mol. The summed E-state index contributed by atoms with van der Waals surface area (Å²) in [4.78, 5) is 23.0. The number of β-amino-alcohol motifs (C(OH)–C–C–N with tert-alkyl or cyclic N) is 1. The zero-order valence-corrected chi connectivity index (χ0v) is 21.6. The van der Waals surface area contributed by atoms with Gasteiger partial charge in [-0.05, 0) is 49.5 Å². The number of nitrogens with zero attached hydrogens (tertiary/aromatic N) is 10. The van der Waals surface area contributed by atoms with Crippen LogP contribution in [0.15, 0.2) is 42.9 Å². The standard InChI is InChI=1S/C27H30N10O2/c28-13-19-2-1-3-21(12-19)24-16-29-25-26(32-24)37(34-33-25)18-23-17-36(9-11-39-23)27-30-14-22(15-31-27)20-4-6-35(7-5-20)8-10-38/h1-3,12,14-16,20,23,38H,4-11,17-18H2/t23-/m1/s1. The molecule has 2 saturated heterocycles. The van der Waals surface area contributed by atoms with Gasteiger partial charge in [-0.2, -0.15) is 5.26 Å². The first-order valence-electron chi connectivity index (χ1n) is 13.3. The summed E-state index contributed by atoms with van der Waals surface area (Å²) in [5.41, 5.74) is 4.24. The van der Waals surface area contributed by atoms with Crippen molar-refractivity contribution < 1.29 is 9.84 Å². The van der Waals surface area contributed by atoms with Gasteiger partial charge in [0.15, 0.2) is 5.65 Å². The largest absolute Gasteiger partial charge is 0.395 e. The number of aromatic nitrogens is 7. The van der Waals surface area contributed by atoms with Crippen LogP contribution in [-0.2, 0) is 11.3 Å². The van der Waals surface area contributed by atoms with Crippen molar-refractivity contribution in [1.29, 1.82) is 5.26 Å². The van der Waals surface area contributed by atoms with E-state index in [0.29, 0.717) is 60.7 Å². The van der Waals surface area contributed by atoms with Gasteiger partial charge in [0.25, 0.3) is 0 Å². The first-order valence-corrected chi connectivity index (χ1v) is 13.3. The normalized spacial score (nSPS) is 18.9. The summed E-state index contributed by atoms with van der Waals surface area (Å²) in [5.74, 6) is 1.16. The average Bonchev–Trinajstić information content (AvgIpc) is 3.40.